The summed E-state index contributed by atoms with van der Waals surface area (Å²) in [6, 6.07) is -0.269. The second kappa shape index (κ2) is 4.94. The molecule has 1 unspecified atom stereocenters. The molecule has 2 fully saturated rings. The lowest BCUT2D eigenvalue weighted by Crippen LogP contribution is -2.52. The maximum atomic E-state index is 11.4. The van der Waals surface area contributed by atoms with Crippen molar-refractivity contribution < 1.29 is 18.3 Å². The minimum absolute atomic E-state index is 0.139. The van der Waals surface area contributed by atoms with Crippen LogP contribution in [0.4, 0.5) is 0 Å². The SMILES string of the molecule is O=C(O)C1CCCCN1C1CCS(=O)(=O)CC1. The molecule has 0 aromatic rings. The van der Waals surface area contributed by atoms with Crippen molar-refractivity contribution in [1.82, 2.24) is 4.90 Å². The molecule has 2 saturated heterocycles. The van der Waals surface area contributed by atoms with Crippen molar-refractivity contribution in [1.29, 1.82) is 0 Å². The first-order chi connectivity index (χ1) is 7.99. The Kier molecular flexibility index (Phi) is 3.73. The van der Waals surface area contributed by atoms with Crippen molar-refractivity contribution in [2.45, 2.75) is 44.2 Å². The summed E-state index contributed by atoms with van der Waals surface area (Å²) in [5.41, 5.74) is 0. The van der Waals surface area contributed by atoms with Crippen molar-refractivity contribution in [3.8, 4) is 0 Å². The normalized spacial score (nSPS) is 31.2. The first kappa shape index (κ1) is 12.8. The molecule has 2 aliphatic heterocycles. The molecular formula is C11H19NO4S. The van der Waals surface area contributed by atoms with Crippen LogP contribution in [-0.4, -0.2) is 54.5 Å². The van der Waals surface area contributed by atoms with Crippen LogP contribution in [0.5, 0.6) is 0 Å². The molecule has 6 heteroatoms. The van der Waals surface area contributed by atoms with E-state index in [0.717, 1.165) is 19.4 Å². The van der Waals surface area contributed by atoms with E-state index in [2.05, 4.69) is 0 Å². The maximum Gasteiger partial charge on any atom is 0.320 e. The third-order valence-electron chi connectivity index (χ3n) is 3.82. The number of carboxylic acids is 1. The Balaban J connectivity index is 2.03. The Morgan fingerprint density at radius 1 is 1.12 bits per heavy atom. The van der Waals surface area contributed by atoms with Gasteiger partial charge < -0.3 is 5.11 Å². The molecule has 0 aromatic heterocycles. The molecule has 0 saturated carbocycles. The highest BCUT2D eigenvalue weighted by Gasteiger charge is 2.36. The summed E-state index contributed by atoms with van der Waals surface area (Å²) in [4.78, 5) is 13.2. The molecule has 0 aromatic carbocycles. The minimum atomic E-state index is -2.87. The van der Waals surface area contributed by atoms with Gasteiger partial charge in [0.05, 0.1) is 11.5 Å². The molecule has 0 aliphatic carbocycles. The smallest absolute Gasteiger partial charge is 0.320 e. The second-order valence-corrected chi connectivity index (χ2v) is 7.27. The number of aliphatic carboxylic acids is 1. The van der Waals surface area contributed by atoms with Crippen molar-refractivity contribution >= 4 is 15.8 Å². The molecular weight excluding hydrogens is 242 g/mol. The van der Waals surface area contributed by atoms with Gasteiger partial charge >= 0.3 is 5.97 Å². The number of piperidine rings is 1. The van der Waals surface area contributed by atoms with E-state index in [4.69, 9.17) is 0 Å². The highest BCUT2D eigenvalue weighted by Crippen LogP contribution is 2.26. The summed E-state index contributed by atoms with van der Waals surface area (Å²) in [5.74, 6) is -0.348. The number of carboxylic acid groups (broad SMARTS) is 1. The van der Waals surface area contributed by atoms with Gasteiger partial charge in [-0.25, -0.2) is 8.42 Å². The van der Waals surface area contributed by atoms with E-state index >= 15 is 0 Å². The first-order valence-electron chi connectivity index (χ1n) is 6.18. The summed E-state index contributed by atoms with van der Waals surface area (Å²) in [7, 11) is -2.87. The monoisotopic (exact) mass is 261 g/mol. The van der Waals surface area contributed by atoms with Gasteiger partial charge in [-0.3, -0.25) is 9.69 Å². The number of nitrogens with zero attached hydrogens (tertiary/aromatic N) is 1. The molecule has 1 N–H and O–H groups in total. The van der Waals surface area contributed by atoms with Crippen LogP contribution in [0.25, 0.3) is 0 Å². The van der Waals surface area contributed by atoms with E-state index in [9.17, 15) is 18.3 Å². The van der Waals surface area contributed by atoms with Crippen molar-refractivity contribution in [3.63, 3.8) is 0 Å². The fraction of sp³-hybridized carbons (Fsp3) is 0.909. The predicted octanol–water partition coefficient (Wildman–Crippen LogP) is 0.503. The van der Waals surface area contributed by atoms with Crippen molar-refractivity contribution in [2.75, 3.05) is 18.1 Å². The summed E-state index contributed by atoms with van der Waals surface area (Å²) in [6.45, 7) is 0.793. The molecule has 0 radical (unpaired) electrons. The zero-order valence-corrected chi connectivity index (χ0v) is 10.7. The van der Waals surface area contributed by atoms with Gasteiger partial charge in [0.1, 0.15) is 15.9 Å². The van der Waals surface area contributed by atoms with E-state index in [1.165, 1.54) is 0 Å². The minimum Gasteiger partial charge on any atom is -0.480 e. The third-order valence-corrected chi connectivity index (χ3v) is 5.54. The van der Waals surface area contributed by atoms with Crippen LogP contribution in [0.2, 0.25) is 0 Å². The quantitative estimate of drug-likeness (QED) is 0.783. The van der Waals surface area contributed by atoms with Crippen LogP contribution in [-0.2, 0) is 14.6 Å². The zero-order valence-electron chi connectivity index (χ0n) is 9.84. The lowest BCUT2D eigenvalue weighted by Gasteiger charge is -2.40. The van der Waals surface area contributed by atoms with Gasteiger partial charge in [0.2, 0.25) is 0 Å². The number of hydrogen-bond donors (Lipinski definition) is 1. The van der Waals surface area contributed by atoms with Gasteiger partial charge in [-0.15, -0.1) is 0 Å². The molecule has 5 nitrogen and oxygen atoms in total. The average molecular weight is 261 g/mol. The van der Waals surface area contributed by atoms with Crippen LogP contribution < -0.4 is 0 Å². The number of hydrogen-bond acceptors (Lipinski definition) is 4. The fourth-order valence-corrected chi connectivity index (χ4v) is 4.33. The molecule has 1 atom stereocenters. The molecule has 2 heterocycles. The number of carbonyl (C=O) groups is 1. The van der Waals surface area contributed by atoms with Crippen molar-refractivity contribution in [3.05, 3.63) is 0 Å². The summed E-state index contributed by atoms with van der Waals surface area (Å²) >= 11 is 0. The number of rotatable bonds is 2. The van der Waals surface area contributed by atoms with Crippen LogP contribution in [0.3, 0.4) is 0 Å². The van der Waals surface area contributed by atoms with Crippen LogP contribution in [0, 0.1) is 0 Å². The average Bonchev–Trinajstić information content (AvgIpc) is 2.29. The van der Waals surface area contributed by atoms with Crippen LogP contribution >= 0.6 is 0 Å². The molecule has 0 spiro atoms. The van der Waals surface area contributed by atoms with E-state index in [1.54, 1.807) is 0 Å². The molecule has 98 valence electrons. The highest BCUT2D eigenvalue weighted by atomic mass is 32.2. The summed E-state index contributed by atoms with van der Waals surface area (Å²) in [6.07, 6.45) is 3.85. The molecule has 17 heavy (non-hydrogen) atoms. The van der Waals surface area contributed by atoms with Gasteiger partial charge in [0.15, 0.2) is 0 Å². The number of likely N-dealkylation sites (tertiary alicyclic amines) is 1. The van der Waals surface area contributed by atoms with Gasteiger partial charge in [-0.1, -0.05) is 6.42 Å². The zero-order chi connectivity index (χ0) is 12.5. The van der Waals surface area contributed by atoms with Crippen LogP contribution in [0.1, 0.15) is 32.1 Å². The standard InChI is InChI=1S/C11H19NO4S/c13-11(14)10-3-1-2-6-12(10)9-4-7-17(15,16)8-5-9/h9-10H,1-8H2,(H,13,14). The van der Waals surface area contributed by atoms with E-state index in [0.29, 0.717) is 19.3 Å². The Morgan fingerprint density at radius 2 is 1.76 bits per heavy atom. The van der Waals surface area contributed by atoms with E-state index < -0.39 is 21.8 Å². The lowest BCUT2D eigenvalue weighted by atomic mass is 9.97. The summed E-state index contributed by atoms with van der Waals surface area (Å²) < 4.78 is 22.7. The van der Waals surface area contributed by atoms with E-state index in [-0.39, 0.29) is 17.5 Å². The molecule has 2 rings (SSSR count). The first-order valence-corrected chi connectivity index (χ1v) is 8.01. The van der Waals surface area contributed by atoms with E-state index in [1.807, 2.05) is 4.90 Å². The maximum absolute atomic E-state index is 11.4. The number of sulfone groups is 1. The largest absolute Gasteiger partial charge is 0.480 e. The van der Waals surface area contributed by atoms with Gasteiger partial charge in [-0.2, -0.15) is 0 Å². The predicted molar refractivity (Wildman–Crippen MR) is 63.7 cm³/mol. The Labute approximate surface area is 102 Å². The van der Waals surface area contributed by atoms with Gasteiger partial charge in [0.25, 0.3) is 0 Å². The highest BCUT2D eigenvalue weighted by molar-refractivity contribution is 7.91. The second-order valence-electron chi connectivity index (χ2n) is 4.97. The van der Waals surface area contributed by atoms with Gasteiger partial charge in [0, 0.05) is 6.04 Å². The Hall–Kier alpha value is -0.620. The summed E-state index contributed by atoms with van der Waals surface area (Å²) in [5, 5.41) is 9.18. The van der Waals surface area contributed by atoms with Crippen LogP contribution in [0.15, 0.2) is 0 Å². The topological polar surface area (TPSA) is 74.7 Å². The van der Waals surface area contributed by atoms with Crippen molar-refractivity contribution in [2.24, 2.45) is 0 Å². The van der Waals surface area contributed by atoms with Gasteiger partial charge in [-0.05, 0) is 32.2 Å². The lowest BCUT2D eigenvalue weighted by molar-refractivity contribution is -0.145. The molecule has 0 amide bonds. The molecule has 0 bridgehead atoms. The third kappa shape index (κ3) is 2.98. The Bertz CT molecular complexity index is 378. The fourth-order valence-electron chi connectivity index (χ4n) is 2.87. The molecule has 2 aliphatic rings. The Morgan fingerprint density at radius 3 is 2.35 bits per heavy atom.